The summed E-state index contributed by atoms with van der Waals surface area (Å²) in [6.45, 7) is 4.65. The third-order valence-electron chi connectivity index (χ3n) is 4.39. The Morgan fingerprint density at radius 1 is 1.14 bits per heavy atom. The Labute approximate surface area is 169 Å². The molecule has 28 heavy (non-hydrogen) atoms. The molecule has 150 valence electrons. The van der Waals surface area contributed by atoms with Crippen molar-refractivity contribution >= 4 is 48.9 Å². The summed E-state index contributed by atoms with van der Waals surface area (Å²) in [6.07, 6.45) is 0. The van der Waals surface area contributed by atoms with Crippen LogP contribution in [0.15, 0.2) is 47.4 Å². The molecule has 10 heteroatoms. The van der Waals surface area contributed by atoms with E-state index in [2.05, 4.69) is 4.72 Å². The first-order chi connectivity index (χ1) is 12.8. The minimum absolute atomic E-state index is 0.0422. The first kappa shape index (κ1) is 20.6. The molecule has 0 radical (unpaired) electrons. The Morgan fingerprint density at radius 3 is 2.32 bits per heavy atom. The number of amides is 1. The minimum atomic E-state index is -3.96. The van der Waals surface area contributed by atoms with Crippen molar-refractivity contribution in [3.05, 3.63) is 53.1 Å². The summed E-state index contributed by atoms with van der Waals surface area (Å²) in [5, 5.41) is 0.247. The number of nitrogens with zero attached hydrogens (tertiary/aromatic N) is 1. The van der Waals surface area contributed by atoms with Crippen LogP contribution in [0.3, 0.4) is 0 Å². The van der Waals surface area contributed by atoms with E-state index in [1.54, 1.807) is 32.0 Å². The second-order valence-electron chi connectivity index (χ2n) is 7.24. The van der Waals surface area contributed by atoms with E-state index in [-0.39, 0.29) is 27.0 Å². The van der Waals surface area contributed by atoms with Crippen molar-refractivity contribution in [3.8, 4) is 0 Å². The minimum Gasteiger partial charge on any atom is -0.278 e. The van der Waals surface area contributed by atoms with Crippen LogP contribution in [0.1, 0.15) is 19.4 Å². The van der Waals surface area contributed by atoms with Gasteiger partial charge < -0.3 is 0 Å². The van der Waals surface area contributed by atoms with E-state index in [0.717, 1.165) is 4.31 Å². The molecule has 1 amide bonds. The summed E-state index contributed by atoms with van der Waals surface area (Å²) < 4.78 is 53.5. The Bertz CT molecular complexity index is 1170. The fraction of sp³-hybridized carbons (Fsp3) is 0.278. The largest absolute Gasteiger partial charge is 0.278 e. The lowest BCUT2D eigenvalue weighted by Gasteiger charge is -2.19. The topological polar surface area (TPSA) is 101 Å². The molecule has 0 aliphatic carbocycles. The molecule has 1 heterocycles. The van der Waals surface area contributed by atoms with Gasteiger partial charge in [0.2, 0.25) is 15.9 Å². The van der Waals surface area contributed by atoms with Crippen molar-refractivity contribution in [2.24, 2.45) is 5.41 Å². The van der Waals surface area contributed by atoms with Gasteiger partial charge in [-0.25, -0.2) is 21.1 Å². The maximum Gasteiger partial charge on any atom is 0.262 e. The zero-order valence-electron chi connectivity index (χ0n) is 15.4. The Morgan fingerprint density at radius 2 is 1.79 bits per heavy atom. The van der Waals surface area contributed by atoms with Gasteiger partial charge in [0.05, 0.1) is 32.5 Å². The van der Waals surface area contributed by atoms with E-state index in [4.69, 9.17) is 11.6 Å². The van der Waals surface area contributed by atoms with Gasteiger partial charge in [-0.1, -0.05) is 23.7 Å². The molecule has 0 unspecified atom stereocenters. The van der Waals surface area contributed by atoms with Crippen LogP contribution in [0.2, 0.25) is 5.02 Å². The predicted molar refractivity (Wildman–Crippen MR) is 108 cm³/mol. The van der Waals surface area contributed by atoms with Gasteiger partial charge in [-0.3, -0.25) is 9.52 Å². The Kier molecular flexibility index (Phi) is 4.97. The lowest BCUT2D eigenvalue weighted by molar-refractivity contribution is -0.123. The van der Waals surface area contributed by atoms with E-state index in [9.17, 15) is 21.6 Å². The van der Waals surface area contributed by atoms with Gasteiger partial charge in [0.15, 0.2) is 0 Å². The smallest absolute Gasteiger partial charge is 0.262 e. The summed E-state index contributed by atoms with van der Waals surface area (Å²) in [5.41, 5.74) is -0.399. The molecule has 1 aliphatic heterocycles. The number of aryl methyl sites for hydroxylation is 1. The summed E-state index contributed by atoms with van der Waals surface area (Å²) in [6, 6.07) is 10.4. The molecular formula is C18H19ClN2O5S2. The van der Waals surface area contributed by atoms with Crippen LogP contribution in [-0.4, -0.2) is 28.5 Å². The van der Waals surface area contributed by atoms with E-state index < -0.39 is 31.4 Å². The van der Waals surface area contributed by atoms with Gasteiger partial charge >= 0.3 is 0 Å². The van der Waals surface area contributed by atoms with Crippen LogP contribution in [0.4, 0.5) is 11.4 Å². The fourth-order valence-electron chi connectivity index (χ4n) is 3.07. The lowest BCUT2D eigenvalue weighted by Crippen LogP contribution is -2.33. The van der Waals surface area contributed by atoms with Gasteiger partial charge in [0.1, 0.15) is 0 Å². The zero-order valence-corrected chi connectivity index (χ0v) is 17.8. The number of nitrogens with one attached hydrogen (secondary N) is 1. The highest BCUT2D eigenvalue weighted by Gasteiger charge is 2.50. The second kappa shape index (κ2) is 6.75. The van der Waals surface area contributed by atoms with Crippen LogP contribution < -0.4 is 9.03 Å². The maximum absolute atomic E-state index is 12.7. The average Bonchev–Trinajstić information content (AvgIpc) is 2.72. The van der Waals surface area contributed by atoms with Crippen molar-refractivity contribution in [3.63, 3.8) is 0 Å². The highest BCUT2D eigenvalue weighted by atomic mass is 35.5. The normalized spacial score (nSPS) is 18.3. The van der Waals surface area contributed by atoms with Crippen molar-refractivity contribution in [2.75, 3.05) is 14.8 Å². The van der Waals surface area contributed by atoms with Crippen LogP contribution in [-0.2, 0) is 24.8 Å². The van der Waals surface area contributed by atoms with E-state index in [1.807, 2.05) is 0 Å². The number of hydrogen-bond donors (Lipinski definition) is 1. The summed E-state index contributed by atoms with van der Waals surface area (Å²) in [7, 11) is -7.77. The van der Waals surface area contributed by atoms with E-state index in [0.29, 0.717) is 5.56 Å². The van der Waals surface area contributed by atoms with E-state index in [1.165, 1.54) is 31.2 Å². The number of para-hydroxylation sites is 1. The van der Waals surface area contributed by atoms with E-state index >= 15 is 0 Å². The molecule has 3 rings (SSSR count). The molecular weight excluding hydrogens is 424 g/mol. The molecule has 7 nitrogen and oxygen atoms in total. The van der Waals surface area contributed by atoms with Crippen LogP contribution in [0.5, 0.6) is 0 Å². The molecule has 1 fully saturated rings. The third kappa shape index (κ3) is 3.61. The van der Waals surface area contributed by atoms with Crippen molar-refractivity contribution < 1.29 is 21.6 Å². The number of rotatable bonds is 4. The van der Waals surface area contributed by atoms with Crippen LogP contribution in [0.25, 0.3) is 0 Å². The van der Waals surface area contributed by atoms with Gasteiger partial charge in [0.25, 0.3) is 10.0 Å². The molecule has 0 atom stereocenters. The number of hydrogen-bond acceptors (Lipinski definition) is 5. The fourth-order valence-corrected chi connectivity index (χ4v) is 6.71. The first-order valence-corrected chi connectivity index (χ1v) is 11.8. The summed E-state index contributed by atoms with van der Waals surface area (Å²) in [4.78, 5) is 12.5. The van der Waals surface area contributed by atoms with Crippen molar-refractivity contribution in [2.45, 2.75) is 25.7 Å². The van der Waals surface area contributed by atoms with Crippen LogP contribution >= 0.6 is 11.6 Å². The number of carbonyl (C=O) groups excluding carboxylic acids is 1. The molecule has 2 aromatic carbocycles. The molecule has 0 bridgehead atoms. The summed E-state index contributed by atoms with van der Waals surface area (Å²) in [5.74, 6) is -0.844. The molecule has 1 aliphatic rings. The zero-order chi connectivity index (χ0) is 20.9. The first-order valence-electron chi connectivity index (χ1n) is 8.31. The second-order valence-corrected chi connectivity index (χ2v) is 11.1. The standard InChI is InChI=1S/C18H19ClN2O5S2/c1-12-10-13(21-17(22)18(2,3)11-27(21,23)24)8-9-16(12)28(25,26)20-15-7-5-4-6-14(15)19/h4-10,20H,11H2,1-3H3. The Hall–Kier alpha value is -2.10. The van der Waals surface area contributed by atoms with Gasteiger partial charge in [-0.2, -0.15) is 0 Å². The maximum atomic E-state index is 12.7. The summed E-state index contributed by atoms with van der Waals surface area (Å²) >= 11 is 6.01. The number of sulfonamides is 2. The SMILES string of the molecule is Cc1cc(N2C(=O)C(C)(C)CS2(=O)=O)ccc1S(=O)(=O)Nc1ccccc1Cl. The highest BCUT2D eigenvalue weighted by Crippen LogP contribution is 2.37. The number of halogens is 1. The average molecular weight is 443 g/mol. The van der Waals surface area contributed by atoms with Gasteiger partial charge in [-0.05, 0) is 56.7 Å². The van der Waals surface area contributed by atoms with Gasteiger partial charge in [0, 0.05) is 0 Å². The van der Waals surface area contributed by atoms with Crippen molar-refractivity contribution in [1.29, 1.82) is 0 Å². The third-order valence-corrected chi connectivity index (χ3v) is 8.26. The number of benzene rings is 2. The number of anilines is 2. The predicted octanol–water partition coefficient (Wildman–Crippen LogP) is 3.15. The monoisotopic (exact) mass is 442 g/mol. The molecule has 2 aromatic rings. The Balaban J connectivity index is 1.99. The molecule has 1 N–H and O–H groups in total. The molecule has 0 saturated carbocycles. The molecule has 1 saturated heterocycles. The number of carbonyl (C=O) groups is 1. The molecule has 0 spiro atoms. The lowest BCUT2D eigenvalue weighted by atomic mass is 9.95. The van der Waals surface area contributed by atoms with Crippen molar-refractivity contribution in [1.82, 2.24) is 0 Å². The highest BCUT2D eigenvalue weighted by molar-refractivity contribution is 7.94. The van der Waals surface area contributed by atoms with Crippen LogP contribution in [0, 0.1) is 12.3 Å². The quantitative estimate of drug-likeness (QED) is 0.783. The molecule has 0 aromatic heterocycles. The van der Waals surface area contributed by atoms with Gasteiger partial charge in [-0.15, -0.1) is 0 Å².